The van der Waals surface area contributed by atoms with E-state index in [4.69, 9.17) is 4.74 Å². The van der Waals surface area contributed by atoms with Crippen molar-refractivity contribution in [2.75, 3.05) is 6.61 Å². The van der Waals surface area contributed by atoms with Gasteiger partial charge in [0.1, 0.15) is 0 Å². The molecule has 5 heteroatoms. The SMILES string of the molecule is CCOC(=O)CC(C)n1ncc(C)cc1=O. The highest BCUT2D eigenvalue weighted by Gasteiger charge is 2.13. The van der Waals surface area contributed by atoms with Crippen molar-refractivity contribution < 1.29 is 9.53 Å². The Bertz CT molecular complexity index is 425. The molecular formula is C11H16N2O3. The lowest BCUT2D eigenvalue weighted by Gasteiger charge is -2.12. The highest BCUT2D eigenvalue weighted by atomic mass is 16.5. The van der Waals surface area contributed by atoms with Gasteiger partial charge in [-0.15, -0.1) is 0 Å². The maximum atomic E-state index is 11.6. The van der Waals surface area contributed by atoms with E-state index in [9.17, 15) is 9.59 Å². The van der Waals surface area contributed by atoms with Crippen molar-refractivity contribution in [1.82, 2.24) is 9.78 Å². The number of carbonyl (C=O) groups excluding carboxylic acids is 1. The van der Waals surface area contributed by atoms with Crippen molar-refractivity contribution in [1.29, 1.82) is 0 Å². The van der Waals surface area contributed by atoms with Gasteiger partial charge in [0.05, 0.1) is 25.3 Å². The van der Waals surface area contributed by atoms with E-state index in [0.29, 0.717) is 6.61 Å². The fourth-order valence-electron chi connectivity index (χ4n) is 1.39. The molecule has 1 aromatic heterocycles. The van der Waals surface area contributed by atoms with Crippen LogP contribution in [0, 0.1) is 6.92 Å². The van der Waals surface area contributed by atoms with Gasteiger partial charge in [-0.1, -0.05) is 0 Å². The molecule has 0 amide bonds. The van der Waals surface area contributed by atoms with Crippen molar-refractivity contribution in [2.45, 2.75) is 33.2 Å². The van der Waals surface area contributed by atoms with Crippen LogP contribution in [0.4, 0.5) is 0 Å². The number of carbonyl (C=O) groups is 1. The van der Waals surface area contributed by atoms with E-state index in [1.54, 1.807) is 27.0 Å². The molecule has 1 aromatic rings. The lowest BCUT2D eigenvalue weighted by Crippen LogP contribution is -2.27. The topological polar surface area (TPSA) is 61.2 Å². The second kappa shape index (κ2) is 5.44. The van der Waals surface area contributed by atoms with E-state index >= 15 is 0 Å². The minimum Gasteiger partial charge on any atom is -0.466 e. The van der Waals surface area contributed by atoms with Crippen molar-refractivity contribution in [3.63, 3.8) is 0 Å². The fraction of sp³-hybridized carbons (Fsp3) is 0.545. The third kappa shape index (κ3) is 3.18. The summed E-state index contributed by atoms with van der Waals surface area (Å²) in [4.78, 5) is 22.8. The number of esters is 1. The van der Waals surface area contributed by atoms with E-state index in [-0.39, 0.29) is 24.0 Å². The van der Waals surface area contributed by atoms with Gasteiger partial charge < -0.3 is 4.74 Å². The van der Waals surface area contributed by atoms with E-state index < -0.39 is 0 Å². The number of aromatic nitrogens is 2. The van der Waals surface area contributed by atoms with Crippen LogP contribution in [0.15, 0.2) is 17.1 Å². The Morgan fingerprint density at radius 1 is 1.62 bits per heavy atom. The van der Waals surface area contributed by atoms with Gasteiger partial charge in [0.25, 0.3) is 5.56 Å². The zero-order valence-corrected chi connectivity index (χ0v) is 9.77. The first kappa shape index (κ1) is 12.4. The lowest BCUT2D eigenvalue weighted by atomic mass is 10.2. The van der Waals surface area contributed by atoms with E-state index in [2.05, 4.69) is 5.10 Å². The van der Waals surface area contributed by atoms with Gasteiger partial charge in [0.15, 0.2) is 0 Å². The molecule has 0 spiro atoms. The highest BCUT2D eigenvalue weighted by Crippen LogP contribution is 2.07. The van der Waals surface area contributed by atoms with Gasteiger partial charge in [0.2, 0.25) is 0 Å². The minimum absolute atomic E-state index is 0.157. The molecule has 1 atom stereocenters. The Morgan fingerprint density at radius 3 is 2.88 bits per heavy atom. The molecule has 0 N–H and O–H groups in total. The lowest BCUT2D eigenvalue weighted by molar-refractivity contribution is -0.144. The molecule has 0 fully saturated rings. The van der Waals surface area contributed by atoms with Crippen LogP contribution in [0.1, 0.15) is 31.9 Å². The predicted molar refractivity (Wildman–Crippen MR) is 59.2 cm³/mol. The first-order valence-electron chi connectivity index (χ1n) is 5.25. The molecule has 0 bridgehead atoms. The third-order valence-corrected chi connectivity index (χ3v) is 2.15. The van der Waals surface area contributed by atoms with Crippen LogP contribution in [-0.4, -0.2) is 22.4 Å². The maximum absolute atomic E-state index is 11.6. The third-order valence-electron chi connectivity index (χ3n) is 2.15. The Labute approximate surface area is 94.0 Å². The monoisotopic (exact) mass is 224 g/mol. The second-order valence-corrected chi connectivity index (χ2v) is 3.67. The summed E-state index contributed by atoms with van der Waals surface area (Å²) in [7, 11) is 0. The van der Waals surface area contributed by atoms with Crippen LogP contribution in [0.3, 0.4) is 0 Å². The zero-order chi connectivity index (χ0) is 12.1. The van der Waals surface area contributed by atoms with E-state index in [1.165, 1.54) is 10.7 Å². The molecule has 16 heavy (non-hydrogen) atoms. The molecule has 0 saturated carbocycles. The average Bonchev–Trinajstić information content (AvgIpc) is 2.17. The predicted octanol–water partition coefficient (Wildman–Crippen LogP) is 1.07. The highest BCUT2D eigenvalue weighted by molar-refractivity contribution is 5.69. The van der Waals surface area contributed by atoms with Crippen LogP contribution in [0.2, 0.25) is 0 Å². The number of aryl methyl sites for hydroxylation is 1. The number of hydrogen-bond donors (Lipinski definition) is 0. The Kier molecular flexibility index (Phi) is 4.22. The molecule has 0 aliphatic carbocycles. The Morgan fingerprint density at radius 2 is 2.31 bits per heavy atom. The smallest absolute Gasteiger partial charge is 0.307 e. The van der Waals surface area contributed by atoms with Gasteiger partial charge >= 0.3 is 5.97 Å². The summed E-state index contributed by atoms with van der Waals surface area (Å²) >= 11 is 0. The van der Waals surface area contributed by atoms with Gasteiger partial charge in [0, 0.05) is 6.07 Å². The first-order valence-corrected chi connectivity index (χ1v) is 5.25. The number of nitrogens with zero attached hydrogens (tertiary/aromatic N) is 2. The summed E-state index contributed by atoms with van der Waals surface area (Å²) in [5.41, 5.74) is 0.612. The maximum Gasteiger partial charge on any atom is 0.307 e. The first-order chi connectivity index (χ1) is 7.54. The van der Waals surface area contributed by atoms with Crippen LogP contribution in [-0.2, 0) is 9.53 Å². The standard InChI is InChI=1S/C11H16N2O3/c1-4-16-11(15)6-9(3)13-10(14)5-8(2)7-12-13/h5,7,9H,4,6H2,1-3H3. The summed E-state index contributed by atoms with van der Waals surface area (Å²) in [5.74, 6) is -0.315. The van der Waals surface area contributed by atoms with Gasteiger partial charge in [-0.25, -0.2) is 4.68 Å². The summed E-state index contributed by atoms with van der Waals surface area (Å²) in [6.07, 6.45) is 1.76. The van der Waals surface area contributed by atoms with Crippen molar-refractivity contribution in [3.05, 3.63) is 28.2 Å². The number of ether oxygens (including phenoxy) is 1. The molecule has 1 unspecified atom stereocenters. The van der Waals surface area contributed by atoms with Crippen LogP contribution >= 0.6 is 0 Å². The Balaban J connectivity index is 2.77. The average molecular weight is 224 g/mol. The summed E-state index contributed by atoms with van der Waals surface area (Å²) in [6.45, 7) is 5.66. The van der Waals surface area contributed by atoms with Crippen molar-refractivity contribution >= 4 is 5.97 Å². The number of rotatable bonds is 4. The van der Waals surface area contributed by atoms with Crippen molar-refractivity contribution in [2.24, 2.45) is 0 Å². The fourth-order valence-corrected chi connectivity index (χ4v) is 1.39. The molecule has 0 saturated heterocycles. The van der Waals surface area contributed by atoms with Crippen LogP contribution in [0.25, 0.3) is 0 Å². The normalized spacial score (nSPS) is 12.2. The molecule has 88 valence electrons. The molecule has 1 heterocycles. The molecule has 0 aromatic carbocycles. The Hall–Kier alpha value is -1.65. The molecule has 0 aliphatic rings. The van der Waals surface area contributed by atoms with Gasteiger partial charge in [-0.2, -0.15) is 5.10 Å². The minimum atomic E-state index is -0.315. The number of hydrogen-bond acceptors (Lipinski definition) is 4. The van der Waals surface area contributed by atoms with E-state index in [1.807, 2.05) is 0 Å². The summed E-state index contributed by atoms with van der Waals surface area (Å²) < 4.78 is 6.11. The molecule has 0 radical (unpaired) electrons. The summed E-state index contributed by atoms with van der Waals surface area (Å²) in [5, 5.41) is 3.99. The quantitative estimate of drug-likeness (QED) is 0.718. The second-order valence-electron chi connectivity index (χ2n) is 3.67. The molecule has 0 aliphatic heterocycles. The van der Waals surface area contributed by atoms with Gasteiger partial charge in [-0.05, 0) is 26.3 Å². The molecular weight excluding hydrogens is 208 g/mol. The van der Waals surface area contributed by atoms with Gasteiger partial charge in [-0.3, -0.25) is 9.59 Å². The van der Waals surface area contributed by atoms with Crippen LogP contribution < -0.4 is 5.56 Å². The van der Waals surface area contributed by atoms with E-state index in [0.717, 1.165) is 5.56 Å². The van der Waals surface area contributed by atoms with Crippen molar-refractivity contribution in [3.8, 4) is 0 Å². The molecule has 1 rings (SSSR count). The summed E-state index contributed by atoms with van der Waals surface area (Å²) in [6, 6.07) is 1.21. The largest absolute Gasteiger partial charge is 0.466 e. The molecule has 5 nitrogen and oxygen atoms in total. The zero-order valence-electron chi connectivity index (χ0n) is 9.77. The van der Waals surface area contributed by atoms with Crippen LogP contribution in [0.5, 0.6) is 0 Å².